The second-order valence-electron chi connectivity index (χ2n) is 12.3. The molecule has 0 N–H and O–H groups in total. The molecule has 1 unspecified atom stereocenters. The Bertz CT molecular complexity index is 2270. The molecule has 50 heavy (non-hydrogen) atoms. The Labute approximate surface area is 293 Å². The number of nitrogens with zero attached hydrogens (tertiary/aromatic N) is 5. The van der Waals surface area contributed by atoms with E-state index in [4.69, 9.17) is 19.9 Å². The van der Waals surface area contributed by atoms with E-state index >= 15 is 0 Å². The van der Waals surface area contributed by atoms with Crippen LogP contribution < -0.4 is 0 Å². The number of hydrogen-bond acceptors (Lipinski definition) is 4. The number of amidine groups is 1. The van der Waals surface area contributed by atoms with Crippen molar-refractivity contribution in [3.63, 3.8) is 0 Å². The summed E-state index contributed by atoms with van der Waals surface area (Å²) in [4.78, 5) is 24.6. The van der Waals surface area contributed by atoms with Gasteiger partial charge in [-0.2, -0.15) is 0 Å². The zero-order valence-electron chi connectivity index (χ0n) is 28.2. The van der Waals surface area contributed by atoms with Gasteiger partial charge in [0, 0.05) is 22.8 Å². The number of benzene rings is 5. The predicted octanol–water partition coefficient (Wildman–Crippen LogP) is 10.9. The third kappa shape index (κ3) is 7.53. The lowest BCUT2D eigenvalue weighted by Crippen LogP contribution is -2.09. The number of aliphatic imine (C=N–C) groups is 2. The lowest BCUT2D eigenvalue weighted by molar-refractivity contribution is 0.766. The van der Waals surface area contributed by atoms with E-state index in [2.05, 4.69) is 103 Å². The Hall–Kier alpha value is -6.33. The van der Waals surface area contributed by atoms with E-state index in [1.807, 2.05) is 80.6 Å². The van der Waals surface area contributed by atoms with Crippen LogP contribution in [0.25, 0.3) is 45.2 Å². The predicted molar refractivity (Wildman–Crippen MR) is 208 cm³/mol. The Morgan fingerprint density at radius 1 is 0.580 bits per heavy atom. The maximum atomic E-state index is 5.10. The van der Waals surface area contributed by atoms with Gasteiger partial charge in [-0.15, -0.1) is 0 Å². The molecule has 0 radical (unpaired) electrons. The van der Waals surface area contributed by atoms with Crippen LogP contribution in [0.15, 0.2) is 174 Å². The van der Waals surface area contributed by atoms with E-state index < -0.39 is 0 Å². The van der Waals surface area contributed by atoms with E-state index in [0.717, 1.165) is 62.5 Å². The fourth-order valence-corrected chi connectivity index (χ4v) is 6.07. The molecule has 1 atom stereocenters. The summed E-state index contributed by atoms with van der Waals surface area (Å²) in [6.45, 7) is 8.05. The number of rotatable bonds is 8. The van der Waals surface area contributed by atoms with Crippen molar-refractivity contribution < 1.29 is 0 Å². The summed E-state index contributed by atoms with van der Waals surface area (Å²) < 4.78 is 0. The standard InChI is InChI=1S/C45H37N5/c1-31(34-16-7-4-8-17-34)46-33(3)47-32(2)37-22-13-24-39(28-37)40-25-15-27-42(30-40)45-49-43(36-20-11-6-12-21-36)48-44(50-45)41-26-14-23-38(29-41)35-18-9-5-10-19-35/h4-26,28-30,42H,1,27H2,2-3H3/b46-33-,47-32+. The molecule has 6 aromatic rings. The van der Waals surface area contributed by atoms with Crippen LogP contribution in [0.3, 0.4) is 0 Å². The van der Waals surface area contributed by atoms with Crippen LogP contribution in [0, 0.1) is 0 Å². The molecule has 0 saturated heterocycles. The minimum atomic E-state index is -0.0201. The van der Waals surface area contributed by atoms with Crippen molar-refractivity contribution in [1.82, 2.24) is 15.0 Å². The maximum Gasteiger partial charge on any atom is 0.163 e. The van der Waals surface area contributed by atoms with Gasteiger partial charge in [0.15, 0.2) is 11.6 Å². The molecule has 0 bridgehead atoms. The summed E-state index contributed by atoms with van der Waals surface area (Å²) in [7, 11) is 0. The highest BCUT2D eigenvalue weighted by Gasteiger charge is 2.20. The first-order valence-electron chi connectivity index (χ1n) is 16.8. The molecule has 242 valence electrons. The van der Waals surface area contributed by atoms with Crippen LogP contribution in [-0.4, -0.2) is 26.5 Å². The fraction of sp³-hybridized carbons (Fsp3) is 0.0889. The highest BCUT2D eigenvalue weighted by Crippen LogP contribution is 2.33. The van der Waals surface area contributed by atoms with Gasteiger partial charge < -0.3 is 0 Å². The van der Waals surface area contributed by atoms with Crippen molar-refractivity contribution in [3.05, 3.63) is 187 Å². The Morgan fingerprint density at radius 2 is 1.16 bits per heavy atom. The van der Waals surface area contributed by atoms with Gasteiger partial charge in [0.25, 0.3) is 0 Å². The second kappa shape index (κ2) is 14.8. The van der Waals surface area contributed by atoms with Crippen molar-refractivity contribution in [2.24, 2.45) is 9.98 Å². The Kier molecular flexibility index (Phi) is 9.56. The summed E-state index contributed by atoms with van der Waals surface area (Å²) in [5.74, 6) is 2.72. The van der Waals surface area contributed by atoms with Crippen LogP contribution in [0.4, 0.5) is 0 Å². The highest BCUT2D eigenvalue weighted by molar-refractivity contribution is 6.07. The van der Waals surface area contributed by atoms with Crippen LogP contribution in [0.5, 0.6) is 0 Å². The van der Waals surface area contributed by atoms with Gasteiger partial charge in [0.1, 0.15) is 11.7 Å². The maximum absolute atomic E-state index is 5.10. The first-order chi connectivity index (χ1) is 24.5. The van der Waals surface area contributed by atoms with Crippen molar-refractivity contribution in [1.29, 1.82) is 0 Å². The number of aromatic nitrogens is 3. The highest BCUT2D eigenvalue weighted by atomic mass is 15.0. The van der Waals surface area contributed by atoms with E-state index in [1.165, 1.54) is 0 Å². The minimum absolute atomic E-state index is 0.0201. The lowest BCUT2D eigenvalue weighted by atomic mass is 9.90. The summed E-state index contributed by atoms with van der Waals surface area (Å²) >= 11 is 0. The van der Waals surface area contributed by atoms with Gasteiger partial charge in [-0.1, -0.05) is 152 Å². The molecule has 5 aromatic carbocycles. The fourth-order valence-electron chi connectivity index (χ4n) is 6.07. The van der Waals surface area contributed by atoms with Crippen molar-refractivity contribution >= 4 is 22.8 Å². The molecule has 0 saturated carbocycles. The third-order valence-electron chi connectivity index (χ3n) is 8.66. The first kappa shape index (κ1) is 32.2. The average Bonchev–Trinajstić information content (AvgIpc) is 3.19. The van der Waals surface area contributed by atoms with Crippen LogP contribution >= 0.6 is 0 Å². The van der Waals surface area contributed by atoms with Gasteiger partial charge in [-0.25, -0.2) is 24.9 Å². The van der Waals surface area contributed by atoms with Crippen LogP contribution in [0.2, 0.25) is 0 Å². The summed E-state index contributed by atoms with van der Waals surface area (Å²) in [6, 6.07) is 47.4. The quantitative estimate of drug-likeness (QED) is 0.122. The second-order valence-corrected chi connectivity index (χ2v) is 12.3. The SMILES string of the molecule is C=C(/N=C(C)\N=C(/C)c1cccc(C2=CC(c3nc(-c4ccccc4)nc(-c4cccc(-c5ccccc5)c4)n3)CC=C2)c1)c1ccccc1. The lowest BCUT2D eigenvalue weighted by Gasteiger charge is -2.18. The molecule has 1 aromatic heterocycles. The van der Waals surface area contributed by atoms with Crippen molar-refractivity contribution in [3.8, 4) is 33.9 Å². The average molecular weight is 648 g/mol. The summed E-state index contributed by atoms with van der Waals surface area (Å²) in [6.07, 6.45) is 7.46. The normalized spacial score (nSPS) is 14.7. The largest absolute Gasteiger partial charge is 0.238 e. The minimum Gasteiger partial charge on any atom is -0.238 e. The Morgan fingerprint density at radius 3 is 1.90 bits per heavy atom. The molecular weight excluding hydrogens is 611 g/mol. The van der Waals surface area contributed by atoms with E-state index in [1.54, 1.807) is 0 Å². The smallest absolute Gasteiger partial charge is 0.163 e. The van der Waals surface area contributed by atoms with Gasteiger partial charge in [0.05, 0.1) is 5.70 Å². The summed E-state index contributed by atoms with van der Waals surface area (Å²) in [5.41, 5.74) is 10.0. The van der Waals surface area contributed by atoms with Gasteiger partial charge in [-0.05, 0) is 65.8 Å². The molecular formula is C45H37N5. The Balaban J connectivity index is 1.21. The van der Waals surface area contributed by atoms with Gasteiger partial charge >= 0.3 is 0 Å². The monoisotopic (exact) mass is 647 g/mol. The molecule has 7 rings (SSSR count). The number of allylic oxidation sites excluding steroid dienone is 4. The van der Waals surface area contributed by atoms with E-state index in [-0.39, 0.29) is 5.92 Å². The molecule has 1 aliphatic rings. The zero-order valence-corrected chi connectivity index (χ0v) is 28.2. The molecule has 0 aliphatic heterocycles. The van der Waals surface area contributed by atoms with Gasteiger partial charge in [0.2, 0.25) is 0 Å². The molecule has 5 nitrogen and oxygen atoms in total. The van der Waals surface area contributed by atoms with Crippen molar-refractivity contribution in [2.45, 2.75) is 26.2 Å². The first-order valence-corrected chi connectivity index (χ1v) is 16.8. The van der Waals surface area contributed by atoms with E-state index in [9.17, 15) is 0 Å². The zero-order chi connectivity index (χ0) is 34.3. The summed E-state index contributed by atoms with van der Waals surface area (Å²) in [5, 5.41) is 0. The molecule has 0 amide bonds. The van der Waals surface area contributed by atoms with Gasteiger partial charge in [-0.3, -0.25) is 0 Å². The molecule has 0 fully saturated rings. The molecule has 0 spiro atoms. The van der Waals surface area contributed by atoms with E-state index in [0.29, 0.717) is 23.2 Å². The molecule has 5 heteroatoms. The van der Waals surface area contributed by atoms with Crippen molar-refractivity contribution in [2.75, 3.05) is 0 Å². The molecule has 1 heterocycles. The number of hydrogen-bond donors (Lipinski definition) is 0. The van der Waals surface area contributed by atoms with Crippen LogP contribution in [0.1, 0.15) is 48.7 Å². The van der Waals surface area contributed by atoms with Crippen LogP contribution in [-0.2, 0) is 0 Å². The molecule has 1 aliphatic carbocycles. The topological polar surface area (TPSA) is 63.4 Å². The third-order valence-corrected chi connectivity index (χ3v) is 8.66.